The molecule has 0 aliphatic rings. The van der Waals surface area contributed by atoms with E-state index in [1.807, 2.05) is 27.7 Å². The number of hydrogen-bond acceptors (Lipinski definition) is 6. The molecule has 0 bridgehead atoms. The first-order valence-electron chi connectivity index (χ1n) is 9.58. The normalized spacial score (nSPS) is 12.6. The smallest absolute Gasteiger partial charge is 0.320 e. The van der Waals surface area contributed by atoms with Gasteiger partial charge < -0.3 is 20.3 Å². The molecule has 0 spiro atoms. The number of carbonyl (C=O) groups is 3. The summed E-state index contributed by atoms with van der Waals surface area (Å²) in [5.41, 5.74) is 5.18. The maximum Gasteiger partial charge on any atom is 0.320 e. The number of carboxylic acids is 1. The van der Waals surface area contributed by atoms with Gasteiger partial charge in [-0.2, -0.15) is 0 Å². The number of nitrogens with two attached hydrogens (primary N) is 1. The van der Waals surface area contributed by atoms with E-state index >= 15 is 0 Å². The van der Waals surface area contributed by atoms with Crippen LogP contribution in [0.3, 0.4) is 0 Å². The van der Waals surface area contributed by atoms with Crippen LogP contribution >= 0.6 is 0 Å². The van der Waals surface area contributed by atoms with Gasteiger partial charge in [-0.1, -0.05) is 45.9 Å². The molecule has 1 unspecified atom stereocenters. The lowest BCUT2D eigenvalue weighted by molar-refractivity contribution is -0.139. The number of carbonyl (C=O) groups excluding carboxylic acids is 2. The lowest BCUT2D eigenvalue weighted by atomic mass is 9.90. The molecule has 0 saturated heterocycles. The van der Waals surface area contributed by atoms with Crippen molar-refractivity contribution < 1.29 is 29.0 Å². The maximum atomic E-state index is 12.4. The third kappa shape index (κ3) is 8.21. The standard InChI is InChI=1S/C23H31NO6/c1-7-22(3,4)13-19(25)29-17-10-9-15(11-16(24)21(27)28)12-18(17)30-20(26)14-23(5,6)8-2/h7-10,12,16H,1-2,11,13-14,24H2,3-6H3,(H,27,28). The van der Waals surface area contributed by atoms with Gasteiger partial charge in [-0.15, -0.1) is 13.2 Å². The van der Waals surface area contributed by atoms with E-state index in [2.05, 4.69) is 13.2 Å². The average molecular weight is 418 g/mol. The number of rotatable bonds is 11. The van der Waals surface area contributed by atoms with Crippen LogP contribution in [0.15, 0.2) is 43.5 Å². The zero-order valence-corrected chi connectivity index (χ0v) is 18.1. The van der Waals surface area contributed by atoms with Gasteiger partial charge in [0.1, 0.15) is 6.04 Å². The van der Waals surface area contributed by atoms with Crippen LogP contribution in [-0.4, -0.2) is 29.1 Å². The number of carboxylic acid groups (broad SMARTS) is 1. The van der Waals surface area contributed by atoms with Crippen LogP contribution in [0.5, 0.6) is 11.5 Å². The molecule has 1 aromatic carbocycles. The van der Waals surface area contributed by atoms with E-state index in [-0.39, 0.29) is 30.8 Å². The van der Waals surface area contributed by atoms with Gasteiger partial charge in [0.25, 0.3) is 0 Å². The van der Waals surface area contributed by atoms with Crippen LogP contribution in [0.2, 0.25) is 0 Å². The lowest BCUT2D eigenvalue weighted by Gasteiger charge is -2.20. The van der Waals surface area contributed by atoms with Crippen LogP contribution in [0.25, 0.3) is 0 Å². The van der Waals surface area contributed by atoms with Gasteiger partial charge in [0.05, 0.1) is 12.8 Å². The van der Waals surface area contributed by atoms with Crippen LogP contribution < -0.4 is 15.2 Å². The quantitative estimate of drug-likeness (QED) is 0.321. The van der Waals surface area contributed by atoms with Gasteiger partial charge >= 0.3 is 17.9 Å². The van der Waals surface area contributed by atoms with E-state index in [0.29, 0.717) is 5.56 Å². The third-order valence-corrected chi connectivity index (χ3v) is 4.53. The van der Waals surface area contributed by atoms with Gasteiger partial charge in [-0.25, -0.2) is 0 Å². The first-order chi connectivity index (χ1) is 13.8. The second kappa shape index (κ2) is 10.2. The molecular formula is C23H31NO6. The van der Waals surface area contributed by atoms with Crippen LogP contribution in [-0.2, 0) is 20.8 Å². The molecule has 0 aliphatic carbocycles. The van der Waals surface area contributed by atoms with E-state index in [4.69, 9.17) is 20.3 Å². The molecule has 1 aromatic rings. The van der Waals surface area contributed by atoms with E-state index < -0.39 is 34.8 Å². The summed E-state index contributed by atoms with van der Waals surface area (Å²) in [6.07, 6.45) is 3.47. The monoisotopic (exact) mass is 417 g/mol. The molecule has 30 heavy (non-hydrogen) atoms. The number of benzene rings is 1. The molecule has 1 atom stereocenters. The Kier molecular flexibility index (Phi) is 8.54. The third-order valence-electron chi connectivity index (χ3n) is 4.53. The highest BCUT2D eigenvalue weighted by Crippen LogP contribution is 2.32. The molecule has 0 saturated carbocycles. The second-order valence-corrected chi connectivity index (χ2v) is 8.62. The molecule has 0 heterocycles. The lowest BCUT2D eigenvalue weighted by Crippen LogP contribution is -2.32. The van der Waals surface area contributed by atoms with Crippen molar-refractivity contribution in [2.24, 2.45) is 16.6 Å². The predicted molar refractivity (Wildman–Crippen MR) is 114 cm³/mol. The zero-order chi connectivity index (χ0) is 23.1. The Morgan fingerprint density at radius 2 is 1.47 bits per heavy atom. The van der Waals surface area contributed by atoms with Gasteiger partial charge in [0, 0.05) is 0 Å². The molecule has 0 fully saturated rings. The van der Waals surface area contributed by atoms with Crippen molar-refractivity contribution in [3.63, 3.8) is 0 Å². The highest BCUT2D eigenvalue weighted by atomic mass is 16.6. The molecule has 0 aliphatic heterocycles. The van der Waals surface area contributed by atoms with Gasteiger partial charge in [0.15, 0.2) is 11.5 Å². The summed E-state index contributed by atoms with van der Waals surface area (Å²) in [5, 5.41) is 9.02. The Balaban J connectivity index is 3.14. The van der Waals surface area contributed by atoms with Crippen molar-refractivity contribution in [1.29, 1.82) is 0 Å². The fourth-order valence-corrected chi connectivity index (χ4v) is 2.39. The van der Waals surface area contributed by atoms with Crippen molar-refractivity contribution in [3.8, 4) is 11.5 Å². The number of esters is 2. The van der Waals surface area contributed by atoms with E-state index in [9.17, 15) is 14.4 Å². The van der Waals surface area contributed by atoms with Crippen molar-refractivity contribution >= 4 is 17.9 Å². The summed E-state index contributed by atoms with van der Waals surface area (Å²) in [7, 11) is 0. The minimum atomic E-state index is -1.15. The van der Waals surface area contributed by atoms with Gasteiger partial charge in [0.2, 0.25) is 0 Å². The van der Waals surface area contributed by atoms with Gasteiger partial charge in [-0.3, -0.25) is 14.4 Å². The van der Waals surface area contributed by atoms with E-state index in [1.54, 1.807) is 18.2 Å². The topological polar surface area (TPSA) is 116 Å². The molecule has 7 heteroatoms. The average Bonchev–Trinajstić information content (AvgIpc) is 2.62. The van der Waals surface area contributed by atoms with Crippen LogP contribution in [0.4, 0.5) is 0 Å². The Morgan fingerprint density at radius 1 is 1.00 bits per heavy atom. The molecule has 1 rings (SSSR count). The Morgan fingerprint density at radius 3 is 1.90 bits per heavy atom. The SMILES string of the molecule is C=CC(C)(C)CC(=O)Oc1ccc(CC(N)C(=O)O)cc1OC(=O)CC(C)(C)C=C. The summed E-state index contributed by atoms with van der Waals surface area (Å²) in [6, 6.07) is 3.39. The molecule has 164 valence electrons. The summed E-state index contributed by atoms with van der Waals surface area (Å²) in [5.74, 6) is -2.11. The van der Waals surface area contributed by atoms with E-state index in [1.165, 1.54) is 12.1 Å². The predicted octanol–water partition coefficient (Wildman–Crippen LogP) is 3.66. The second-order valence-electron chi connectivity index (χ2n) is 8.62. The minimum Gasteiger partial charge on any atom is -0.480 e. The highest BCUT2D eigenvalue weighted by molar-refractivity contribution is 5.77. The van der Waals surface area contributed by atoms with Crippen molar-refractivity contribution in [3.05, 3.63) is 49.1 Å². The first-order valence-corrected chi connectivity index (χ1v) is 9.58. The molecule has 7 nitrogen and oxygen atoms in total. The van der Waals surface area contributed by atoms with Crippen molar-refractivity contribution in [1.82, 2.24) is 0 Å². The van der Waals surface area contributed by atoms with Crippen molar-refractivity contribution in [2.75, 3.05) is 0 Å². The summed E-state index contributed by atoms with van der Waals surface area (Å²) in [4.78, 5) is 35.8. The molecule has 0 amide bonds. The Hall–Kier alpha value is -2.93. The largest absolute Gasteiger partial charge is 0.480 e. The Labute approximate surface area is 177 Å². The van der Waals surface area contributed by atoms with Crippen LogP contribution in [0, 0.1) is 10.8 Å². The summed E-state index contributed by atoms with van der Waals surface area (Å²) >= 11 is 0. The van der Waals surface area contributed by atoms with Crippen molar-refractivity contribution in [2.45, 2.75) is 53.0 Å². The van der Waals surface area contributed by atoms with Crippen LogP contribution in [0.1, 0.15) is 46.1 Å². The highest BCUT2D eigenvalue weighted by Gasteiger charge is 2.24. The summed E-state index contributed by atoms with van der Waals surface area (Å²) in [6.45, 7) is 14.8. The first kappa shape index (κ1) is 25.1. The fraction of sp³-hybridized carbons (Fsp3) is 0.435. The molecular weight excluding hydrogens is 386 g/mol. The summed E-state index contributed by atoms with van der Waals surface area (Å²) < 4.78 is 10.9. The van der Waals surface area contributed by atoms with Gasteiger partial charge in [-0.05, 0) is 34.9 Å². The number of hydrogen-bond donors (Lipinski definition) is 2. The van der Waals surface area contributed by atoms with E-state index in [0.717, 1.165) is 0 Å². The number of allylic oxidation sites excluding steroid dienone is 2. The fourth-order valence-electron chi connectivity index (χ4n) is 2.39. The zero-order valence-electron chi connectivity index (χ0n) is 18.1. The maximum absolute atomic E-state index is 12.4. The minimum absolute atomic E-state index is 0.0236. The molecule has 0 aromatic heterocycles. The molecule has 3 N–H and O–H groups in total. The molecule has 0 radical (unpaired) electrons. The Bertz CT molecular complexity index is 825. The number of ether oxygens (including phenoxy) is 2. The number of aliphatic carboxylic acids is 1.